The topological polar surface area (TPSA) is 53.1 Å². The molecule has 0 amide bonds. The highest BCUT2D eigenvalue weighted by atomic mass is 19.4. The summed E-state index contributed by atoms with van der Waals surface area (Å²) >= 11 is 0. The predicted molar refractivity (Wildman–Crippen MR) is 73.6 cm³/mol. The van der Waals surface area contributed by atoms with Crippen LogP contribution in [0, 0.1) is 5.92 Å². The van der Waals surface area contributed by atoms with Crippen LogP contribution in [0.2, 0.25) is 0 Å². The van der Waals surface area contributed by atoms with E-state index in [1.807, 2.05) is 4.57 Å². The highest BCUT2D eigenvalue weighted by Gasteiger charge is 2.31. The van der Waals surface area contributed by atoms with Gasteiger partial charge >= 0.3 is 6.36 Å². The van der Waals surface area contributed by atoms with Crippen LogP contribution in [0.4, 0.5) is 19.0 Å². The number of aromatic nitrogens is 2. The third kappa shape index (κ3) is 3.90. The van der Waals surface area contributed by atoms with Crippen molar-refractivity contribution in [1.82, 2.24) is 9.55 Å². The lowest BCUT2D eigenvalue weighted by Gasteiger charge is -2.10. The Morgan fingerprint density at radius 1 is 1.24 bits per heavy atom. The molecule has 1 heterocycles. The number of alkyl halides is 3. The second-order valence-electron chi connectivity index (χ2n) is 5.10. The molecule has 21 heavy (non-hydrogen) atoms. The Balaban J connectivity index is 2.21. The summed E-state index contributed by atoms with van der Waals surface area (Å²) in [5.41, 5.74) is 7.21. The van der Waals surface area contributed by atoms with Crippen molar-refractivity contribution in [2.75, 3.05) is 5.73 Å². The van der Waals surface area contributed by atoms with Crippen molar-refractivity contribution >= 4 is 5.82 Å². The fraction of sp³-hybridized carbons (Fsp3) is 0.357. The Hall–Kier alpha value is -2.18. The molecule has 1 aromatic carbocycles. The molecule has 4 nitrogen and oxygen atoms in total. The highest BCUT2D eigenvalue weighted by molar-refractivity contribution is 5.70. The monoisotopic (exact) mass is 299 g/mol. The Morgan fingerprint density at radius 2 is 1.86 bits per heavy atom. The first-order chi connectivity index (χ1) is 9.76. The van der Waals surface area contributed by atoms with Crippen LogP contribution in [-0.4, -0.2) is 15.9 Å². The van der Waals surface area contributed by atoms with Gasteiger partial charge in [-0.1, -0.05) is 13.8 Å². The lowest BCUT2D eigenvalue weighted by atomic mass is 10.1. The minimum absolute atomic E-state index is 0.272. The average Bonchev–Trinajstić information content (AvgIpc) is 2.70. The number of nitrogens with two attached hydrogens (primary N) is 1. The highest BCUT2D eigenvalue weighted by Crippen LogP contribution is 2.28. The summed E-state index contributed by atoms with van der Waals surface area (Å²) in [5.74, 6) is 0.636. The molecule has 1 aromatic heterocycles. The van der Waals surface area contributed by atoms with Crippen molar-refractivity contribution in [3.63, 3.8) is 0 Å². The van der Waals surface area contributed by atoms with Crippen LogP contribution in [-0.2, 0) is 6.54 Å². The van der Waals surface area contributed by atoms with Gasteiger partial charge in [0.1, 0.15) is 17.3 Å². The molecule has 0 aliphatic heterocycles. The summed E-state index contributed by atoms with van der Waals surface area (Å²) in [6.07, 6.45) is -3.07. The summed E-state index contributed by atoms with van der Waals surface area (Å²) < 4.78 is 41.9. The molecule has 0 bridgehead atoms. The number of anilines is 1. The molecule has 7 heteroatoms. The molecule has 2 N–H and O–H groups in total. The molecule has 0 spiro atoms. The van der Waals surface area contributed by atoms with Crippen molar-refractivity contribution in [2.24, 2.45) is 5.92 Å². The first-order valence-electron chi connectivity index (χ1n) is 6.43. The molecular formula is C14H16F3N3O. The molecule has 0 radical (unpaired) electrons. The fourth-order valence-electron chi connectivity index (χ4n) is 1.97. The zero-order valence-corrected chi connectivity index (χ0v) is 11.7. The van der Waals surface area contributed by atoms with E-state index >= 15 is 0 Å². The van der Waals surface area contributed by atoms with Gasteiger partial charge in [0.25, 0.3) is 0 Å². The van der Waals surface area contributed by atoms with Crippen LogP contribution < -0.4 is 10.5 Å². The number of rotatable bonds is 4. The van der Waals surface area contributed by atoms with Crippen LogP contribution in [0.15, 0.2) is 30.6 Å². The van der Waals surface area contributed by atoms with E-state index in [9.17, 15) is 13.2 Å². The van der Waals surface area contributed by atoms with Crippen LogP contribution in [0.25, 0.3) is 11.3 Å². The zero-order chi connectivity index (χ0) is 15.6. The van der Waals surface area contributed by atoms with E-state index in [4.69, 9.17) is 5.73 Å². The lowest BCUT2D eigenvalue weighted by molar-refractivity contribution is -0.274. The number of hydrogen-bond donors (Lipinski definition) is 1. The van der Waals surface area contributed by atoms with Gasteiger partial charge in [-0.05, 0) is 30.2 Å². The van der Waals surface area contributed by atoms with Crippen molar-refractivity contribution < 1.29 is 17.9 Å². The van der Waals surface area contributed by atoms with Crippen molar-refractivity contribution in [3.8, 4) is 17.0 Å². The van der Waals surface area contributed by atoms with Gasteiger partial charge in [0.2, 0.25) is 0 Å². The normalized spacial score (nSPS) is 11.9. The van der Waals surface area contributed by atoms with E-state index in [-0.39, 0.29) is 5.75 Å². The number of benzene rings is 1. The Morgan fingerprint density at radius 3 is 2.38 bits per heavy atom. The van der Waals surface area contributed by atoms with E-state index in [1.165, 1.54) is 24.3 Å². The first kappa shape index (κ1) is 15.2. The van der Waals surface area contributed by atoms with Gasteiger partial charge in [0.15, 0.2) is 0 Å². The maximum atomic E-state index is 12.1. The largest absolute Gasteiger partial charge is 0.573 e. The number of nitrogen functional groups attached to an aromatic ring is 1. The Labute approximate surface area is 120 Å². The quantitative estimate of drug-likeness (QED) is 0.936. The minimum Gasteiger partial charge on any atom is -0.406 e. The third-order valence-electron chi connectivity index (χ3n) is 2.80. The van der Waals surface area contributed by atoms with E-state index in [1.54, 1.807) is 6.33 Å². The van der Waals surface area contributed by atoms with Crippen molar-refractivity contribution in [3.05, 3.63) is 30.6 Å². The van der Waals surface area contributed by atoms with Gasteiger partial charge < -0.3 is 15.0 Å². The Bertz CT molecular complexity index is 603. The van der Waals surface area contributed by atoms with Crippen LogP contribution in [0.3, 0.4) is 0 Å². The summed E-state index contributed by atoms with van der Waals surface area (Å²) in [5, 5.41) is 0. The fourth-order valence-corrected chi connectivity index (χ4v) is 1.97. The van der Waals surface area contributed by atoms with Gasteiger partial charge in [0.05, 0.1) is 6.33 Å². The number of nitrogens with zero attached hydrogens (tertiary/aromatic N) is 2. The first-order valence-corrected chi connectivity index (χ1v) is 6.43. The standard InChI is InChI=1S/C14H16F3N3O/c1-9(2)7-20-8-19-12(13(20)18)10-3-5-11(6-4-10)21-14(15,16)17/h3-6,8-9H,7,18H2,1-2H3. The summed E-state index contributed by atoms with van der Waals surface area (Å²) in [6.45, 7) is 4.85. The van der Waals surface area contributed by atoms with Crippen LogP contribution in [0.5, 0.6) is 5.75 Å². The number of ether oxygens (including phenoxy) is 1. The predicted octanol–water partition coefficient (Wildman–Crippen LogP) is 3.69. The second kappa shape index (κ2) is 5.67. The van der Waals surface area contributed by atoms with Gasteiger partial charge in [-0.25, -0.2) is 4.98 Å². The van der Waals surface area contributed by atoms with E-state index in [2.05, 4.69) is 23.6 Å². The average molecular weight is 299 g/mol. The smallest absolute Gasteiger partial charge is 0.406 e. The van der Waals surface area contributed by atoms with E-state index < -0.39 is 6.36 Å². The maximum absolute atomic E-state index is 12.1. The van der Waals surface area contributed by atoms with Gasteiger partial charge in [-0.3, -0.25) is 0 Å². The number of imidazole rings is 1. The molecule has 0 saturated heterocycles. The summed E-state index contributed by atoms with van der Waals surface area (Å²) in [4.78, 5) is 4.22. The van der Waals surface area contributed by atoms with Crippen LogP contribution in [0.1, 0.15) is 13.8 Å². The van der Waals surface area contributed by atoms with Crippen molar-refractivity contribution in [1.29, 1.82) is 0 Å². The summed E-state index contributed by atoms with van der Waals surface area (Å²) in [7, 11) is 0. The molecule has 114 valence electrons. The maximum Gasteiger partial charge on any atom is 0.573 e. The molecule has 2 aromatic rings. The molecule has 2 rings (SSSR count). The SMILES string of the molecule is CC(C)Cn1cnc(-c2ccc(OC(F)(F)F)cc2)c1N. The lowest BCUT2D eigenvalue weighted by Crippen LogP contribution is -2.16. The molecule has 0 atom stereocenters. The van der Waals surface area contributed by atoms with Gasteiger partial charge in [0, 0.05) is 12.1 Å². The molecule has 0 fully saturated rings. The van der Waals surface area contributed by atoms with Gasteiger partial charge in [-0.2, -0.15) is 0 Å². The molecule has 0 unspecified atom stereocenters. The Kier molecular flexibility index (Phi) is 4.11. The van der Waals surface area contributed by atoms with E-state index in [0.29, 0.717) is 23.0 Å². The van der Waals surface area contributed by atoms with E-state index in [0.717, 1.165) is 6.54 Å². The number of hydrogen-bond acceptors (Lipinski definition) is 3. The van der Waals surface area contributed by atoms with Crippen molar-refractivity contribution in [2.45, 2.75) is 26.8 Å². The molecule has 0 aliphatic carbocycles. The summed E-state index contributed by atoms with van der Waals surface area (Å²) in [6, 6.07) is 5.48. The second-order valence-corrected chi connectivity index (χ2v) is 5.10. The zero-order valence-electron chi connectivity index (χ0n) is 11.7. The number of halogens is 3. The van der Waals surface area contributed by atoms with Gasteiger partial charge in [-0.15, -0.1) is 13.2 Å². The van der Waals surface area contributed by atoms with Crippen LogP contribution >= 0.6 is 0 Å². The molecular weight excluding hydrogens is 283 g/mol. The molecule has 0 aliphatic rings. The minimum atomic E-state index is -4.70. The third-order valence-corrected chi connectivity index (χ3v) is 2.80. The molecule has 0 saturated carbocycles.